The molecule has 1 atom stereocenters. The molecule has 0 bridgehead atoms. The van der Waals surface area contributed by atoms with Gasteiger partial charge < -0.3 is 15.8 Å². The lowest BCUT2D eigenvalue weighted by atomic mass is 10.1. The summed E-state index contributed by atoms with van der Waals surface area (Å²) >= 11 is 0. The molecule has 1 rings (SSSR count). The van der Waals surface area contributed by atoms with Crippen LogP contribution in [0.25, 0.3) is 0 Å². The molecule has 0 saturated carbocycles. The van der Waals surface area contributed by atoms with Crippen molar-refractivity contribution in [3.8, 4) is 0 Å². The van der Waals surface area contributed by atoms with Crippen LogP contribution >= 0.6 is 0 Å². The van der Waals surface area contributed by atoms with E-state index in [1.54, 1.807) is 0 Å². The van der Waals surface area contributed by atoms with Crippen molar-refractivity contribution in [2.75, 3.05) is 12.3 Å². The lowest BCUT2D eigenvalue weighted by Crippen LogP contribution is -2.35. The molecule has 0 aliphatic heterocycles. The molecule has 18 heavy (non-hydrogen) atoms. The number of alkyl carbamates (subject to hydrolysis) is 1. The van der Waals surface area contributed by atoms with E-state index < -0.39 is 0 Å². The van der Waals surface area contributed by atoms with Crippen LogP contribution in [0.1, 0.15) is 26.3 Å². The number of nitrogen functional groups attached to an aromatic ring is 1. The number of rotatable bonds is 5. The van der Waals surface area contributed by atoms with Crippen molar-refractivity contribution in [2.24, 2.45) is 5.92 Å². The lowest BCUT2D eigenvalue weighted by Gasteiger charge is -2.15. The minimum Gasteiger partial charge on any atom is -0.449 e. The minimum absolute atomic E-state index is 0.0355. The van der Waals surface area contributed by atoms with E-state index in [1.807, 2.05) is 45.0 Å². The number of carbonyl (C=O) groups excluding carboxylic acids is 1. The minimum atomic E-state index is -0.355. The van der Waals surface area contributed by atoms with Crippen molar-refractivity contribution in [2.45, 2.75) is 33.2 Å². The first kappa shape index (κ1) is 14.4. The second-order valence-corrected chi connectivity index (χ2v) is 4.98. The summed E-state index contributed by atoms with van der Waals surface area (Å²) < 4.78 is 5.06. The Morgan fingerprint density at radius 1 is 1.28 bits per heavy atom. The molecule has 1 aromatic carbocycles. The molecule has 100 valence electrons. The highest BCUT2D eigenvalue weighted by molar-refractivity contribution is 5.67. The van der Waals surface area contributed by atoms with Crippen molar-refractivity contribution < 1.29 is 9.53 Å². The Hall–Kier alpha value is -1.71. The van der Waals surface area contributed by atoms with Gasteiger partial charge in [-0.25, -0.2) is 4.79 Å². The SMILES string of the molecule is CC(C)COC(=O)NC(C)Cc1ccc(N)cc1. The average molecular weight is 250 g/mol. The third-order valence-corrected chi connectivity index (χ3v) is 2.43. The number of nitrogens with two attached hydrogens (primary N) is 1. The van der Waals surface area contributed by atoms with Crippen molar-refractivity contribution in [3.63, 3.8) is 0 Å². The normalized spacial score (nSPS) is 12.2. The molecule has 1 aromatic rings. The van der Waals surface area contributed by atoms with Gasteiger partial charge in [-0.3, -0.25) is 0 Å². The molecule has 1 amide bonds. The highest BCUT2D eigenvalue weighted by Gasteiger charge is 2.09. The zero-order valence-corrected chi connectivity index (χ0v) is 11.3. The Labute approximate surface area is 109 Å². The van der Waals surface area contributed by atoms with Crippen molar-refractivity contribution in [1.29, 1.82) is 0 Å². The van der Waals surface area contributed by atoms with Crippen molar-refractivity contribution >= 4 is 11.8 Å². The molecule has 0 aliphatic carbocycles. The molecular formula is C14H22N2O2. The van der Waals surface area contributed by atoms with Gasteiger partial charge in [0.15, 0.2) is 0 Å². The van der Waals surface area contributed by atoms with Gasteiger partial charge in [0.2, 0.25) is 0 Å². The second-order valence-electron chi connectivity index (χ2n) is 4.98. The highest BCUT2D eigenvalue weighted by Crippen LogP contribution is 2.08. The van der Waals surface area contributed by atoms with Crippen LogP contribution in [0.4, 0.5) is 10.5 Å². The summed E-state index contributed by atoms with van der Waals surface area (Å²) in [7, 11) is 0. The summed E-state index contributed by atoms with van der Waals surface area (Å²) in [5.41, 5.74) is 7.50. The molecule has 0 aliphatic rings. The van der Waals surface area contributed by atoms with Crippen molar-refractivity contribution in [3.05, 3.63) is 29.8 Å². The predicted molar refractivity (Wildman–Crippen MR) is 73.3 cm³/mol. The topological polar surface area (TPSA) is 64.3 Å². The zero-order valence-electron chi connectivity index (χ0n) is 11.3. The van der Waals surface area contributed by atoms with Crippen LogP contribution in [0, 0.1) is 5.92 Å². The third kappa shape index (κ3) is 5.57. The van der Waals surface area contributed by atoms with E-state index in [0.29, 0.717) is 12.5 Å². The van der Waals surface area contributed by atoms with Gasteiger partial charge in [0, 0.05) is 11.7 Å². The van der Waals surface area contributed by atoms with Gasteiger partial charge in [-0.1, -0.05) is 26.0 Å². The van der Waals surface area contributed by atoms with E-state index in [-0.39, 0.29) is 12.1 Å². The molecule has 3 N–H and O–H groups in total. The zero-order chi connectivity index (χ0) is 13.5. The van der Waals surface area contributed by atoms with E-state index in [9.17, 15) is 4.79 Å². The molecule has 0 spiro atoms. The fourth-order valence-corrected chi connectivity index (χ4v) is 1.54. The first-order valence-electron chi connectivity index (χ1n) is 6.25. The van der Waals surface area contributed by atoms with Gasteiger partial charge >= 0.3 is 6.09 Å². The maximum Gasteiger partial charge on any atom is 0.407 e. The van der Waals surface area contributed by atoms with Gasteiger partial charge in [-0.05, 0) is 37.0 Å². The maximum atomic E-state index is 11.4. The molecule has 0 saturated heterocycles. The molecule has 4 heteroatoms. The van der Waals surface area contributed by atoms with Gasteiger partial charge in [0.1, 0.15) is 0 Å². The second kappa shape index (κ2) is 6.89. The molecule has 4 nitrogen and oxygen atoms in total. The van der Waals surface area contributed by atoms with Crippen molar-refractivity contribution in [1.82, 2.24) is 5.32 Å². The van der Waals surface area contributed by atoms with E-state index in [4.69, 9.17) is 10.5 Å². The predicted octanol–water partition coefficient (Wildman–Crippen LogP) is 2.58. The first-order chi connectivity index (χ1) is 8.47. The number of carbonyl (C=O) groups is 1. The summed E-state index contributed by atoms with van der Waals surface area (Å²) in [5.74, 6) is 0.350. The largest absolute Gasteiger partial charge is 0.449 e. The van der Waals surface area contributed by atoms with E-state index in [0.717, 1.165) is 17.7 Å². The average Bonchev–Trinajstić information content (AvgIpc) is 2.29. The van der Waals surface area contributed by atoms with Gasteiger partial charge in [-0.2, -0.15) is 0 Å². The van der Waals surface area contributed by atoms with E-state index in [2.05, 4.69) is 5.32 Å². The third-order valence-electron chi connectivity index (χ3n) is 2.43. The van der Waals surface area contributed by atoms with Gasteiger partial charge in [-0.15, -0.1) is 0 Å². The van der Waals surface area contributed by atoms with Crippen LogP contribution in [-0.4, -0.2) is 18.7 Å². The molecular weight excluding hydrogens is 228 g/mol. The molecule has 0 fully saturated rings. The smallest absolute Gasteiger partial charge is 0.407 e. The van der Waals surface area contributed by atoms with E-state index in [1.165, 1.54) is 0 Å². The van der Waals surface area contributed by atoms with Crippen LogP contribution in [-0.2, 0) is 11.2 Å². The Kier molecular flexibility index (Phi) is 5.49. The monoisotopic (exact) mass is 250 g/mol. The molecule has 0 heterocycles. The number of benzene rings is 1. The first-order valence-corrected chi connectivity index (χ1v) is 6.25. The van der Waals surface area contributed by atoms with Crippen LogP contribution < -0.4 is 11.1 Å². The van der Waals surface area contributed by atoms with Gasteiger partial charge in [0.05, 0.1) is 6.61 Å². The summed E-state index contributed by atoms with van der Waals surface area (Å²) in [6.45, 7) is 6.41. The Morgan fingerprint density at radius 3 is 2.44 bits per heavy atom. The number of ether oxygens (including phenoxy) is 1. The maximum absolute atomic E-state index is 11.4. The quantitative estimate of drug-likeness (QED) is 0.789. The summed E-state index contributed by atoms with van der Waals surface area (Å²) in [4.78, 5) is 11.4. The standard InChI is InChI=1S/C14H22N2O2/c1-10(2)9-18-14(17)16-11(3)8-12-4-6-13(15)7-5-12/h4-7,10-11H,8-9,15H2,1-3H3,(H,16,17). The summed E-state index contributed by atoms with van der Waals surface area (Å²) in [6.07, 6.45) is 0.406. The van der Waals surface area contributed by atoms with Crippen LogP contribution in [0.2, 0.25) is 0 Å². The number of anilines is 1. The number of amides is 1. The molecule has 1 unspecified atom stereocenters. The Balaban J connectivity index is 2.34. The highest BCUT2D eigenvalue weighted by atomic mass is 16.5. The number of nitrogens with one attached hydrogen (secondary N) is 1. The molecule has 0 aromatic heterocycles. The summed E-state index contributed by atoms with van der Waals surface area (Å²) in [5, 5.41) is 2.81. The van der Waals surface area contributed by atoms with Crippen LogP contribution in [0.3, 0.4) is 0 Å². The van der Waals surface area contributed by atoms with Crippen LogP contribution in [0.5, 0.6) is 0 Å². The Morgan fingerprint density at radius 2 is 1.89 bits per heavy atom. The fourth-order valence-electron chi connectivity index (χ4n) is 1.54. The Bertz CT molecular complexity index is 374. The summed E-state index contributed by atoms with van der Waals surface area (Å²) in [6, 6.07) is 7.69. The number of hydrogen-bond acceptors (Lipinski definition) is 3. The van der Waals surface area contributed by atoms with E-state index >= 15 is 0 Å². The lowest BCUT2D eigenvalue weighted by molar-refractivity contribution is 0.130. The van der Waals surface area contributed by atoms with Gasteiger partial charge in [0.25, 0.3) is 0 Å². The number of hydrogen-bond donors (Lipinski definition) is 2. The fraction of sp³-hybridized carbons (Fsp3) is 0.500. The van der Waals surface area contributed by atoms with Crippen LogP contribution in [0.15, 0.2) is 24.3 Å². The molecule has 0 radical (unpaired) electrons.